The standard InChI is InChI=1S/C11H14O3/c1-7(2)5-10(13)9-4-3-8(12)6-11(9)14/h3-4,6-7,12,14H,5H2,1-2H3. The zero-order chi connectivity index (χ0) is 10.7. The van der Waals surface area contributed by atoms with Gasteiger partial charge in [0, 0.05) is 12.5 Å². The summed E-state index contributed by atoms with van der Waals surface area (Å²) in [6.07, 6.45) is 0.401. The van der Waals surface area contributed by atoms with E-state index in [4.69, 9.17) is 5.11 Å². The predicted molar refractivity (Wildman–Crippen MR) is 53.6 cm³/mol. The van der Waals surface area contributed by atoms with Crippen molar-refractivity contribution in [2.24, 2.45) is 5.92 Å². The maximum Gasteiger partial charge on any atom is 0.166 e. The highest BCUT2D eigenvalue weighted by molar-refractivity contribution is 5.98. The van der Waals surface area contributed by atoms with E-state index in [2.05, 4.69) is 0 Å². The third kappa shape index (κ3) is 2.49. The quantitative estimate of drug-likeness (QED) is 0.726. The summed E-state index contributed by atoms with van der Waals surface area (Å²) in [5, 5.41) is 18.4. The van der Waals surface area contributed by atoms with Gasteiger partial charge in [-0.05, 0) is 18.1 Å². The van der Waals surface area contributed by atoms with Crippen molar-refractivity contribution < 1.29 is 15.0 Å². The number of carbonyl (C=O) groups excluding carboxylic acids is 1. The summed E-state index contributed by atoms with van der Waals surface area (Å²) >= 11 is 0. The minimum absolute atomic E-state index is 0.0383. The molecule has 3 heteroatoms. The first-order chi connectivity index (χ1) is 6.50. The average molecular weight is 194 g/mol. The number of hydrogen-bond donors (Lipinski definition) is 2. The first-order valence-corrected chi connectivity index (χ1v) is 4.56. The second-order valence-electron chi connectivity index (χ2n) is 3.72. The first kappa shape index (κ1) is 10.6. The minimum Gasteiger partial charge on any atom is -0.508 e. The molecule has 0 aliphatic rings. The fourth-order valence-electron chi connectivity index (χ4n) is 1.24. The van der Waals surface area contributed by atoms with Gasteiger partial charge >= 0.3 is 0 Å². The summed E-state index contributed by atoms with van der Waals surface area (Å²) in [6.45, 7) is 3.88. The van der Waals surface area contributed by atoms with Crippen LogP contribution < -0.4 is 0 Å². The molecule has 0 fully saturated rings. The Morgan fingerprint density at radius 1 is 1.36 bits per heavy atom. The van der Waals surface area contributed by atoms with Crippen LogP contribution in [0.25, 0.3) is 0 Å². The molecule has 0 aliphatic heterocycles. The van der Waals surface area contributed by atoms with E-state index in [1.165, 1.54) is 18.2 Å². The van der Waals surface area contributed by atoms with E-state index in [0.717, 1.165) is 0 Å². The second kappa shape index (κ2) is 4.13. The molecule has 0 atom stereocenters. The van der Waals surface area contributed by atoms with Gasteiger partial charge in [-0.3, -0.25) is 4.79 Å². The normalized spacial score (nSPS) is 10.5. The zero-order valence-electron chi connectivity index (χ0n) is 8.32. The number of benzene rings is 1. The van der Waals surface area contributed by atoms with Gasteiger partial charge in [0.05, 0.1) is 5.56 Å². The molecule has 14 heavy (non-hydrogen) atoms. The number of ketones is 1. The van der Waals surface area contributed by atoms with Crippen molar-refractivity contribution in [1.29, 1.82) is 0 Å². The third-order valence-corrected chi connectivity index (χ3v) is 1.88. The molecular weight excluding hydrogens is 180 g/mol. The molecule has 1 rings (SSSR count). The molecule has 3 nitrogen and oxygen atoms in total. The molecule has 0 spiro atoms. The molecule has 1 aromatic carbocycles. The highest BCUT2D eigenvalue weighted by Gasteiger charge is 2.12. The molecule has 0 heterocycles. The Morgan fingerprint density at radius 3 is 2.50 bits per heavy atom. The van der Waals surface area contributed by atoms with Crippen LogP contribution in [0.4, 0.5) is 0 Å². The van der Waals surface area contributed by atoms with Crippen molar-refractivity contribution in [3.05, 3.63) is 23.8 Å². The van der Waals surface area contributed by atoms with Gasteiger partial charge in [0.25, 0.3) is 0 Å². The molecule has 0 aliphatic carbocycles. The van der Waals surface area contributed by atoms with Crippen LogP contribution in [0.5, 0.6) is 11.5 Å². The molecule has 2 N–H and O–H groups in total. The number of hydrogen-bond acceptors (Lipinski definition) is 3. The Hall–Kier alpha value is -1.51. The number of rotatable bonds is 3. The molecule has 0 aromatic heterocycles. The van der Waals surface area contributed by atoms with E-state index >= 15 is 0 Å². The lowest BCUT2D eigenvalue weighted by molar-refractivity contribution is 0.0965. The van der Waals surface area contributed by atoms with Crippen LogP contribution in [0.15, 0.2) is 18.2 Å². The van der Waals surface area contributed by atoms with Gasteiger partial charge in [-0.25, -0.2) is 0 Å². The second-order valence-corrected chi connectivity index (χ2v) is 3.72. The fourth-order valence-corrected chi connectivity index (χ4v) is 1.24. The smallest absolute Gasteiger partial charge is 0.166 e. The van der Waals surface area contributed by atoms with Crippen molar-refractivity contribution in [1.82, 2.24) is 0 Å². The molecule has 0 amide bonds. The largest absolute Gasteiger partial charge is 0.508 e. The SMILES string of the molecule is CC(C)CC(=O)c1ccc(O)cc1O. The Labute approximate surface area is 83.0 Å². The van der Waals surface area contributed by atoms with Crippen LogP contribution in [0.1, 0.15) is 30.6 Å². The topological polar surface area (TPSA) is 57.5 Å². The van der Waals surface area contributed by atoms with Gasteiger partial charge in [0.2, 0.25) is 0 Å². The van der Waals surface area contributed by atoms with E-state index in [0.29, 0.717) is 6.42 Å². The highest BCUT2D eigenvalue weighted by Crippen LogP contribution is 2.24. The number of phenols is 2. The van der Waals surface area contributed by atoms with Crippen LogP contribution in [-0.4, -0.2) is 16.0 Å². The summed E-state index contributed by atoms with van der Waals surface area (Å²) in [4.78, 5) is 11.5. The van der Waals surface area contributed by atoms with Gasteiger partial charge in [-0.15, -0.1) is 0 Å². The fraction of sp³-hybridized carbons (Fsp3) is 0.364. The summed E-state index contributed by atoms with van der Waals surface area (Å²) < 4.78 is 0. The van der Waals surface area contributed by atoms with E-state index in [-0.39, 0.29) is 28.8 Å². The third-order valence-electron chi connectivity index (χ3n) is 1.88. The Morgan fingerprint density at radius 2 is 2.00 bits per heavy atom. The molecule has 1 aromatic rings. The van der Waals surface area contributed by atoms with E-state index in [9.17, 15) is 9.90 Å². The highest BCUT2D eigenvalue weighted by atomic mass is 16.3. The molecule has 0 saturated carbocycles. The summed E-state index contributed by atoms with van der Waals surface area (Å²) in [7, 11) is 0. The molecular formula is C11H14O3. The van der Waals surface area contributed by atoms with Crippen LogP contribution >= 0.6 is 0 Å². The van der Waals surface area contributed by atoms with Crippen molar-refractivity contribution in [2.75, 3.05) is 0 Å². The van der Waals surface area contributed by atoms with E-state index in [1.807, 2.05) is 13.8 Å². The predicted octanol–water partition coefficient (Wildman–Crippen LogP) is 2.33. The van der Waals surface area contributed by atoms with Crippen molar-refractivity contribution >= 4 is 5.78 Å². The molecule has 0 unspecified atom stereocenters. The van der Waals surface area contributed by atoms with Crippen LogP contribution in [0.2, 0.25) is 0 Å². The van der Waals surface area contributed by atoms with Gasteiger partial charge in [-0.1, -0.05) is 13.8 Å². The van der Waals surface area contributed by atoms with Crippen LogP contribution in [-0.2, 0) is 0 Å². The minimum atomic E-state index is -0.157. The molecule has 0 bridgehead atoms. The summed E-state index contributed by atoms with van der Waals surface area (Å²) in [5.41, 5.74) is 0.275. The number of phenolic OH excluding ortho intramolecular Hbond substituents is 2. The van der Waals surface area contributed by atoms with Gasteiger partial charge in [-0.2, -0.15) is 0 Å². The van der Waals surface area contributed by atoms with Crippen LogP contribution in [0.3, 0.4) is 0 Å². The van der Waals surface area contributed by atoms with Gasteiger partial charge in [0.15, 0.2) is 5.78 Å². The van der Waals surface area contributed by atoms with Crippen LogP contribution in [0, 0.1) is 5.92 Å². The maximum atomic E-state index is 11.5. The summed E-state index contributed by atoms with van der Waals surface area (Å²) in [5.74, 6) is -0.0348. The maximum absolute atomic E-state index is 11.5. The lowest BCUT2D eigenvalue weighted by Gasteiger charge is -2.05. The monoisotopic (exact) mass is 194 g/mol. The summed E-state index contributed by atoms with van der Waals surface area (Å²) in [6, 6.07) is 4.01. The lowest BCUT2D eigenvalue weighted by Crippen LogP contribution is -2.03. The Balaban J connectivity index is 2.90. The van der Waals surface area contributed by atoms with Crippen molar-refractivity contribution in [3.8, 4) is 11.5 Å². The average Bonchev–Trinajstić information content (AvgIpc) is 2.01. The van der Waals surface area contributed by atoms with Crippen molar-refractivity contribution in [3.63, 3.8) is 0 Å². The number of aromatic hydroxyl groups is 2. The van der Waals surface area contributed by atoms with Gasteiger partial charge < -0.3 is 10.2 Å². The van der Waals surface area contributed by atoms with E-state index in [1.54, 1.807) is 0 Å². The Kier molecular flexibility index (Phi) is 3.12. The number of Topliss-reactive ketones (excluding diaryl/α,β-unsaturated/α-hetero) is 1. The van der Waals surface area contributed by atoms with Gasteiger partial charge in [0.1, 0.15) is 11.5 Å². The Bertz CT molecular complexity index is 342. The first-order valence-electron chi connectivity index (χ1n) is 4.56. The number of carbonyl (C=O) groups is 1. The molecule has 0 radical (unpaired) electrons. The molecule has 76 valence electrons. The van der Waals surface area contributed by atoms with E-state index < -0.39 is 0 Å². The zero-order valence-corrected chi connectivity index (χ0v) is 8.32. The lowest BCUT2D eigenvalue weighted by atomic mass is 10.0. The molecule has 0 saturated heterocycles. The van der Waals surface area contributed by atoms with Crippen molar-refractivity contribution in [2.45, 2.75) is 20.3 Å².